The van der Waals surface area contributed by atoms with E-state index >= 15 is 0 Å². The van der Waals surface area contributed by atoms with Crippen LogP contribution in [0.1, 0.15) is 5.56 Å². The summed E-state index contributed by atoms with van der Waals surface area (Å²) < 4.78 is 4.89. The van der Waals surface area contributed by atoms with Gasteiger partial charge in [-0.2, -0.15) is 5.26 Å². The average Bonchev–Trinajstić information content (AvgIpc) is 2.36. The van der Waals surface area contributed by atoms with Crippen LogP contribution >= 0.6 is 0 Å². The second kappa shape index (κ2) is 6.07. The Hall–Kier alpha value is -3.01. The molecule has 0 aliphatic heterocycles. The maximum absolute atomic E-state index is 11.4. The van der Waals surface area contributed by atoms with Gasteiger partial charge in [-0.3, -0.25) is 10.1 Å². The van der Waals surface area contributed by atoms with E-state index in [1.807, 2.05) is 0 Å². The normalized spacial score (nSPS) is 10.4. The molecular formula is C12H11N3O4. The summed E-state index contributed by atoms with van der Waals surface area (Å²) in [7, 11) is 1.37. The number of nitrogens with two attached hydrogens (primary N) is 1. The number of nitrogens with one attached hydrogen (secondary N) is 1. The van der Waals surface area contributed by atoms with Crippen molar-refractivity contribution in [3.63, 3.8) is 0 Å². The molecule has 0 atom stereocenters. The van der Waals surface area contributed by atoms with Crippen LogP contribution in [0.15, 0.2) is 23.8 Å². The van der Waals surface area contributed by atoms with Crippen molar-refractivity contribution < 1.29 is 19.4 Å². The number of rotatable bonds is 3. The molecule has 0 saturated heterocycles. The molecule has 3 amide bonds. The molecule has 0 aromatic heterocycles. The van der Waals surface area contributed by atoms with Gasteiger partial charge >= 0.3 is 6.03 Å². The largest absolute Gasteiger partial charge is 0.504 e. The van der Waals surface area contributed by atoms with Gasteiger partial charge in [-0.1, -0.05) is 6.07 Å². The molecule has 0 unspecified atom stereocenters. The van der Waals surface area contributed by atoms with Crippen LogP contribution in [-0.2, 0) is 4.79 Å². The molecule has 0 bridgehead atoms. The van der Waals surface area contributed by atoms with E-state index in [1.165, 1.54) is 31.4 Å². The van der Waals surface area contributed by atoms with Crippen molar-refractivity contribution in [2.75, 3.05) is 7.11 Å². The standard InChI is InChI=1S/C12H11N3O4/c1-19-10-5-7(2-3-9(10)16)4-8(6-13)11(17)15-12(14)18/h2-5,16H,1H3,(H3,14,15,17,18)/b8-4-. The van der Waals surface area contributed by atoms with Crippen molar-refractivity contribution in [2.24, 2.45) is 5.73 Å². The highest BCUT2D eigenvalue weighted by molar-refractivity contribution is 6.08. The van der Waals surface area contributed by atoms with E-state index in [1.54, 1.807) is 11.4 Å². The fourth-order valence-corrected chi connectivity index (χ4v) is 1.28. The molecule has 1 rings (SSSR count). The van der Waals surface area contributed by atoms with E-state index in [4.69, 9.17) is 15.7 Å². The number of aromatic hydroxyl groups is 1. The SMILES string of the molecule is COc1cc(/C=C(/C#N)C(=O)NC(N)=O)ccc1O. The Kier molecular flexibility index (Phi) is 4.49. The van der Waals surface area contributed by atoms with Crippen LogP contribution in [0.3, 0.4) is 0 Å². The van der Waals surface area contributed by atoms with Crippen molar-refractivity contribution in [3.8, 4) is 17.6 Å². The summed E-state index contributed by atoms with van der Waals surface area (Å²) in [5.74, 6) is -0.775. The van der Waals surface area contributed by atoms with Crippen LogP contribution < -0.4 is 15.8 Å². The van der Waals surface area contributed by atoms with Gasteiger partial charge in [0.05, 0.1) is 7.11 Å². The number of hydrogen-bond acceptors (Lipinski definition) is 5. The van der Waals surface area contributed by atoms with E-state index in [-0.39, 0.29) is 17.1 Å². The molecule has 4 N–H and O–H groups in total. The first kappa shape index (κ1) is 14.1. The molecule has 19 heavy (non-hydrogen) atoms. The number of benzene rings is 1. The highest BCUT2D eigenvalue weighted by Gasteiger charge is 2.11. The van der Waals surface area contributed by atoms with E-state index in [0.29, 0.717) is 5.56 Å². The molecule has 1 aromatic carbocycles. The minimum Gasteiger partial charge on any atom is -0.504 e. The molecule has 7 nitrogen and oxygen atoms in total. The molecule has 0 aliphatic carbocycles. The Morgan fingerprint density at radius 3 is 2.74 bits per heavy atom. The number of nitriles is 1. The van der Waals surface area contributed by atoms with E-state index < -0.39 is 11.9 Å². The zero-order chi connectivity index (χ0) is 14.4. The van der Waals surface area contributed by atoms with Crippen LogP contribution in [0.4, 0.5) is 4.79 Å². The third-order valence-electron chi connectivity index (χ3n) is 2.12. The van der Waals surface area contributed by atoms with Gasteiger partial charge in [-0.05, 0) is 23.8 Å². The lowest BCUT2D eigenvalue weighted by Gasteiger charge is -2.04. The average molecular weight is 261 g/mol. The Bertz CT molecular complexity index is 587. The maximum Gasteiger partial charge on any atom is 0.319 e. The Morgan fingerprint density at radius 1 is 1.53 bits per heavy atom. The first-order chi connectivity index (χ1) is 8.97. The molecule has 0 radical (unpaired) electrons. The van der Waals surface area contributed by atoms with Crippen molar-refractivity contribution in [1.29, 1.82) is 5.26 Å². The second-order valence-electron chi connectivity index (χ2n) is 3.42. The van der Waals surface area contributed by atoms with Gasteiger partial charge in [-0.15, -0.1) is 0 Å². The van der Waals surface area contributed by atoms with E-state index in [2.05, 4.69) is 0 Å². The summed E-state index contributed by atoms with van der Waals surface area (Å²) in [5, 5.41) is 20.0. The minimum atomic E-state index is -1.05. The fraction of sp³-hybridized carbons (Fsp3) is 0.0833. The number of methoxy groups -OCH3 is 1. The first-order valence-corrected chi connectivity index (χ1v) is 5.07. The van der Waals surface area contributed by atoms with Crippen molar-refractivity contribution >= 4 is 18.0 Å². The van der Waals surface area contributed by atoms with Gasteiger partial charge in [0.25, 0.3) is 5.91 Å². The third kappa shape index (κ3) is 3.74. The van der Waals surface area contributed by atoms with Crippen LogP contribution in [0.2, 0.25) is 0 Å². The maximum atomic E-state index is 11.4. The molecule has 0 saturated carbocycles. The minimum absolute atomic E-state index is 0.0697. The number of carbonyl (C=O) groups excluding carboxylic acids is 2. The van der Waals surface area contributed by atoms with Crippen LogP contribution in [0.25, 0.3) is 6.08 Å². The highest BCUT2D eigenvalue weighted by Crippen LogP contribution is 2.27. The number of amides is 3. The van der Waals surface area contributed by atoms with E-state index in [9.17, 15) is 14.7 Å². The van der Waals surface area contributed by atoms with Crippen molar-refractivity contribution in [2.45, 2.75) is 0 Å². The van der Waals surface area contributed by atoms with Crippen LogP contribution in [0, 0.1) is 11.3 Å². The molecule has 0 aliphatic rings. The number of nitrogens with zero attached hydrogens (tertiary/aromatic N) is 1. The van der Waals surface area contributed by atoms with Gasteiger partial charge in [0.2, 0.25) is 0 Å². The number of carbonyl (C=O) groups is 2. The zero-order valence-corrected chi connectivity index (χ0v) is 10.0. The number of imide groups is 1. The Morgan fingerprint density at radius 2 is 2.21 bits per heavy atom. The highest BCUT2D eigenvalue weighted by atomic mass is 16.5. The number of phenols is 1. The zero-order valence-electron chi connectivity index (χ0n) is 10.0. The van der Waals surface area contributed by atoms with Crippen molar-refractivity contribution in [3.05, 3.63) is 29.3 Å². The van der Waals surface area contributed by atoms with Gasteiger partial charge in [0, 0.05) is 0 Å². The molecule has 1 aromatic rings. The molecule has 0 heterocycles. The van der Waals surface area contributed by atoms with Crippen LogP contribution in [0.5, 0.6) is 11.5 Å². The summed E-state index contributed by atoms with van der Waals surface area (Å²) in [6, 6.07) is 4.87. The molecule has 0 fully saturated rings. The number of hydrogen-bond donors (Lipinski definition) is 3. The lowest BCUT2D eigenvalue weighted by Crippen LogP contribution is -2.35. The van der Waals surface area contributed by atoms with Gasteiger partial charge in [0.1, 0.15) is 11.6 Å². The van der Waals surface area contributed by atoms with Crippen LogP contribution in [-0.4, -0.2) is 24.2 Å². The lowest BCUT2D eigenvalue weighted by molar-refractivity contribution is -0.115. The number of urea groups is 1. The Balaban J connectivity index is 3.08. The first-order valence-electron chi connectivity index (χ1n) is 5.07. The molecule has 7 heteroatoms. The number of phenolic OH excluding ortho intramolecular Hbond substituents is 1. The summed E-state index contributed by atoms with van der Waals surface area (Å²) >= 11 is 0. The predicted molar refractivity (Wildman–Crippen MR) is 66.0 cm³/mol. The summed E-state index contributed by atoms with van der Waals surface area (Å²) in [6.07, 6.45) is 1.24. The van der Waals surface area contributed by atoms with Gasteiger partial charge < -0.3 is 15.6 Å². The summed E-state index contributed by atoms with van der Waals surface area (Å²) in [4.78, 5) is 22.0. The lowest BCUT2D eigenvalue weighted by atomic mass is 10.1. The molecule has 98 valence electrons. The topological polar surface area (TPSA) is 125 Å². The Labute approximate surface area is 108 Å². The molecule has 0 spiro atoms. The predicted octanol–water partition coefficient (Wildman–Crippen LogP) is 0.503. The fourth-order valence-electron chi connectivity index (χ4n) is 1.28. The monoisotopic (exact) mass is 261 g/mol. The second-order valence-corrected chi connectivity index (χ2v) is 3.42. The smallest absolute Gasteiger partial charge is 0.319 e. The third-order valence-corrected chi connectivity index (χ3v) is 2.12. The van der Waals surface area contributed by atoms with Crippen molar-refractivity contribution in [1.82, 2.24) is 5.32 Å². The summed E-state index contributed by atoms with van der Waals surface area (Å²) in [6.45, 7) is 0. The number of ether oxygens (including phenoxy) is 1. The number of primary amides is 1. The quantitative estimate of drug-likeness (QED) is 0.539. The van der Waals surface area contributed by atoms with Gasteiger partial charge in [-0.25, -0.2) is 4.79 Å². The van der Waals surface area contributed by atoms with E-state index in [0.717, 1.165) is 0 Å². The molecular weight excluding hydrogens is 250 g/mol. The van der Waals surface area contributed by atoms with Gasteiger partial charge in [0.15, 0.2) is 11.5 Å². The summed E-state index contributed by atoms with van der Waals surface area (Å²) in [5.41, 5.74) is 4.93.